The number of allylic oxidation sites excluding steroid dienone is 2. The number of thiazole rings is 1. The van der Waals surface area contributed by atoms with Crippen LogP contribution in [0.1, 0.15) is 108 Å². The molecule has 0 bridgehead atoms. The maximum absolute atomic E-state index is 15.2. The Balaban J connectivity index is 1.15. The number of hydrogen-bond acceptors (Lipinski definition) is 13. The molecule has 1 aromatic carbocycles. The molecular weight excluding hydrogens is 832 g/mol. The molecule has 4 fully saturated rings. The molecule has 6 aliphatic rings. The molecule has 0 spiro atoms. The van der Waals surface area contributed by atoms with Crippen molar-refractivity contribution in [2.24, 2.45) is 23.7 Å². The summed E-state index contributed by atoms with van der Waals surface area (Å²) in [5, 5.41) is 1.47. The summed E-state index contributed by atoms with van der Waals surface area (Å²) < 4.78 is 50.5. The van der Waals surface area contributed by atoms with Crippen molar-refractivity contribution in [2.75, 3.05) is 35.4 Å². The van der Waals surface area contributed by atoms with Gasteiger partial charge in [-0.05, 0) is 103 Å². The van der Waals surface area contributed by atoms with Crippen LogP contribution < -0.4 is 0 Å². The normalized spacial score (nSPS) is 40.1. The molecule has 3 aliphatic carbocycles. The van der Waals surface area contributed by atoms with Gasteiger partial charge in [0, 0.05) is 61.5 Å². The standard InChI is InChI=1S/C48H67ClN2O10S/c1-10-27-14-13-17-37(61-39-19-18-36(51(5)6)25(3)57-39)24(2)42(53)34-22-31-30-20-28(60-48-45(56-9)44(55-8)43(54-7)26(4)58-48)21-33(30)41-46(40(31)32(34)23-38(52)59-27)62-47(50-41)29-15-11-12-16-35(29)49/h11-12,15-16,22,24-28,30-33,36-37,39-40,43-45,48H,10,13-14,17-21,23H2,1-9H3/t24-,25?,26?,27+,28+,30+,31+,32-,33-,36+,37+,39+,40-,43+,44?,45+,48+/m1/s1. The predicted octanol–water partition coefficient (Wildman–Crippen LogP) is 8.34. The summed E-state index contributed by atoms with van der Waals surface area (Å²) in [5.74, 6) is -1.09. The van der Waals surface area contributed by atoms with E-state index in [1.165, 1.54) is 0 Å². The zero-order chi connectivity index (χ0) is 44.0. The number of ether oxygens (including phenoxy) is 8. The minimum absolute atomic E-state index is 0.00324. The molecule has 1 saturated carbocycles. The average molecular weight is 900 g/mol. The molecule has 62 heavy (non-hydrogen) atoms. The zero-order valence-corrected chi connectivity index (χ0v) is 39.4. The number of carbonyl (C=O) groups is 2. The summed E-state index contributed by atoms with van der Waals surface area (Å²) in [6.07, 6.45) is 5.04. The second kappa shape index (κ2) is 19.7. The Morgan fingerprint density at radius 3 is 2.34 bits per heavy atom. The third kappa shape index (κ3) is 8.98. The molecule has 3 aliphatic heterocycles. The number of esters is 1. The highest BCUT2D eigenvalue weighted by molar-refractivity contribution is 7.15. The lowest BCUT2D eigenvalue weighted by molar-refractivity contribution is -0.314. The number of likely N-dealkylation sites (N-methyl/N-ethyl adjacent to an activating group) is 1. The van der Waals surface area contributed by atoms with Gasteiger partial charge in [-0.2, -0.15) is 0 Å². The zero-order valence-electron chi connectivity index (χ0n) is 37.8. The number of ketones is 1. The van der Waals surface area contributed by atoms with E-state index in [2.05, 4.69) is 38.9 Å². The molecule has 8 rings (SSSR count). The summed E-state index contributed by atoms with van der Waals surface area (Å²) in [7, 11) is 9.13. The third-order valence-electron chi connectivity index (χ3n) is 15.0. The van der Waals surface area contributed by atoms with Crippen LogP contribution in [0.25, 0.3) is 10.6 Å². The number of methoxy groups -OCH3 is 3. The van der Waals surface area contributed by atoms with Crippen molar-refractivity contribution in [3.8, 4) is 10.6 Å². The molecule has 14 heteroatoms. The molecule has 342 valence electrons. The molecule has 0 N–H and O–H groups in total. The van der Waals surface area contributed by atoms with Crippen molar-refractivity contribution < 1.29 is 47.5 Å². The molecular formula is C48H67ClN2O10S. The Kier molecular flexibility index (Phi) is 14.7. The van der Waals surface area contributed by atoms with Crippen molar-refractivity contribution in [3.05, 3.63) is 51.5 Å². The van der Waals surface area contributed by atoms with E-state index < -0.39 is 24.6 Å². The van der Waals surface area contributed by atoms with Crippen molar-refractivity contribution in [1.82, 2.24) is 9.88 Å². The van der Waals surface area contributed by atoms with Crippen LogP contribution in [-0.2, 0) is 47.5 Å². The van der Waals surface area contributed by atoms with Crippen LogP contribution in [0.2, 0.25) is 5.02 Å². The van der Waals surface area contributed by atoms with Crippen LogP contribution in [0.3, 0.4) is 0 Å². The van der Waals surface area contributed by atoms with Gasteiger partial charge in [-0.25, -0.2) is 4.98 Å². The van der Waals surface area contributed by atoms with Gasteiger partial charge < -0.3 is 42.8 Å². The van der Waals surface area contributed by atoms with E-state index in [1.54, 1.807) is 32.7 Å². The lowest BCUT2D eigenvalue weighted by Crippen LogP contribution is -2.59. The van der Waals surface area contributed by atoms with E-state index in [1.807, 2.05) is 38.1 Å². The smallest absolute Gasteiger partial charge is 0.306 e. The number of hydrogen-bond donors (Lipinski definition) is 0. The van der Waals surface area contributed by atoms with Crippen molar-refractivity contribution >= 4 is 34.7 Å². The van der Waals surface area contributed by atoms with E-state index in [4.69, 9.17) is 54.5 Å². The average Bonchev–Trinajstić information content (AvgIpc) is 3.97. The van der Waals surface area contributed by atoms with Crippen LogP contribution in [-0.4, -0.2) is 125 Å². The molecule has 3 saturated heterocycles. The van der Waals surface area contributed by atoms with E-state index in [0.29, 0.717) is 35.9 Å². The van der Waals surface area contributed by atoms with Crippen molar-refractivity contribution in [1.29, 1.82) is 0 Å². The van der Waals surface area contributed by atoms with Gasteiger partial charge in [0.15, 0.2) is 18.4 Å². The van der Waals surface area contributed by atoms with Crippen molar-refractivity contribution in [2.45, 2.75) is 165 Å². The Morgan fingerprint density at radius 2 is 1.65 bits per heavy atom. The number of benzene rings is 1. The molecule has 12 nitrogen and oxygen atoms in total. The van der Waals surface area contributed by atoms with Gasteiger partial charge in [-0.3, -0.25) is 9.59 Å². The summed E-state index contributed by atoms with van der Waals surface area (Å²) in [5.41, 5.74) is 2.59. The largest absolute Gasteiger partial charge is 0.462 e. The maximum Gasteiger partial charge on any atom is 0.306 e. The number of cyclic esters (lactones) is 1. The lowest BCUT2D eigenvalue weighted by atomic mass is 9.67. The highest BCUT2D eigenvalue weighted by atomic mass is 35.5. The molecule has 17 atom stereocenters. The second-order valence-corrected chi connectivity index (χ2v) is 20.2. The van der Waals surface area contributed by atoms with E-state index >= 15 is 4.79 Å². The first-order valence-corrected chi connectivity index (χ1v) is 24.1. The Hall–Kier alpha value is -2.30. The quantitative estimate of drug-likeness (QED) is 0.213. The van der Waals surface area contributed by atoms with Crippen LogP contribution >= 0.6 is 22.9 Å². The van der Waals surface area contributed by atoms with Crippen LogP contribution in [0, 0.1) is 23.7 Å². The number of halogens is 1. The second-order valence-electron chi connectivity index (χ2n) is 18.8. The molecule has 3 unspecified atom stereocenters. The minimum Gasteiger partial charge on any atom is -0.462 e. The highest BCUT2D eigenvalue weighted by Crippen LogP contribution is 2.63. The van der Waals surface area contributed by atoms with Gasteiger partial charge in [-0.15, -0.1) is 11.3 Å². The SMILES string of the molecule is CC[C@H]1CCC[C@H](O[C@H]2CC[C@H](N(C)C)C(C)O2)[C@@H](C)C(=O)C2=C[C@H]3[C@@H]4C[C@H](O[C@@H]5OC(C)[C@H](OC)C(OC)[C@@H]5OC)C[C@H]4c4nc(-c5ccccc5Cl)sc4[C@H]3[C@@H]2CC(=O)O1. The summed E-state index contributed by atoms with van der Waals surface area (Å²) in [4.78, 5) is 38.0. The Labute approximate surface area is 376 Å². The molecule has 4 heterocycles. The third-order valence-corrected chi connectivity index (χ3v) is 16.5. The number of aromatic nitrogens is 1. The lowest BCUT2D eigenvalue weighted by Gasteiger charge is -2.44. The molecule has 1 aromatic heterocycles. The van der Waals surface area contributed by atoms with Crippen molar-refractivity contribution in [3.63, 3.8) is 0 Å². The topological polar surface area (TPSA) is 124 Å². The number of nitrogens with zero attached hydrogens (tertiary/aromatic N) is 2. The fourth-order valence-electron chi connectivity index (χ4n) is 11.8. The van der Waals surface area contributed by atoms with Gasteiger partial charge in [0.25, 0.3) is 0 Å². The van der Waals surface area contributed by atoms with Gasteiger partial charge in [0.2, 0.25) is 0 Å². The Morgan fingerprint density at radius 1 is 0.887 bits per heavy atom. The maximum atomic E-state index is 15.2. The number of carbonyl (C=O) groups excluding carboxylic acids is 2. The first-order valence-electron chi connectivity index (χ1n) is 22.9. The van der Waals surface area contributed by atoms with E-state index in [-0.39, 0.29) is 90.5 Å². The Bertz CT molecular complexity index is 1930. The van der Waals surface area contributed by atoms with Gasteiger partial charge in [0.1, 0.15) is 29.4 Å². The first kappa shape index (κ1) is 46.2. The fraction of sp³-hybridized carbons (Fsp3) is 0.729. The summed E-state index contributed by atoms with van der Waals surface area (Å²) >= 11 is 8.47. The first-order chi connectivity index (χ1) is 29.8. The van der Waals surface area contributed by atoms with E-state index in [9.17, 15) is 4.79 Å². The predicted molar refractivity (Wildman–Crippen MR) is 236 cm³/mol. The number of Topliss-reactive ketones (excluding diaryl/α,β-unsaturated/α-hetero) is 1. The fourth-order valence-corrected chi connectivity index (χ4v) is 13.5. The van der Waals surface area contributed by atoms with Crippen LogP contribution in [0.15, 0.2) is 35.9 Å². The monoisotopic (exact) mass is 898 g/mol. The summed E-state index contributed by atoms with van der Waals surface area (Å²) in [6.45, 7) is 8.15. The number of fused-ring (bicyclic) bond motifs is 8. The van der Waals surface area contributed by atoms with Gasteiger partial charge in [-0.1, -0.05) is 49.7 Å². The van der Waals surface area contributed by atoms with Crippen LogP contribution in [0.4, 0.5) is 0 Å². The highest BCUT2D eigenvalue weighted by Gasteiger charge is 2.57. The number of rotatable bonds is 10. The molecule has 0 radical (unpaired) electrons. The molecule has 2 aromatic rings. The summed E-state index contributed by atoms with van der Waals surface area (Å²) in [6, 6.07) is 8.11. The molecule has 0 amide bonds. The van der Waals surface area contributed by atoms with Gasteiger partial charge in [0.05, 0.1) is 41.6 Å². The van der Waals surface area contributed by atoms with Gasteiger partial charge >= 0.3 is 5.97 Å². The minimum atomic E-state index is -0.677. The van der Waals surface area contributed by atoms with E-state index in [0.717, 1.165) is 53.2 Å². The van der Waals surface area contributed by atoms with Crippen LogP contribution in [0.5, 0.6) is 0 Å².